The summed E-state index contributed by atoms with van der Waals surface area (Å²) < 4.78 is 11.8. The van der Waals surface area contributed by atoms with Crippen molar-refractivity contribution < 1.29 is 9.47 Å². The Morgan fingerprint density at radius 1 is 0.941 bits per heavy atom. The van der Waals surface area contributed by atoms with Crippen LogP contribution >= 0.6 is 0 Å². The molecule has 0 spiro atoms. The van der Waals surface area contributed by atoms with Gasteiger partial charge in [0.1, 0.15) is 6.61 Å². The van der Waals surface area contributed by atoms with Crippen molar-refractivity contribution >= 4 is 6.08 Å². The number of nitrogens with one attached hydrogen (secondary N) is 1. The zero-order valence-corrected chi connectivity index (χ0v) is 19.3. The maximum atomic E-state index is 6.12. The SMILES string of the molecule is COc1cc2c(cc1OCc1ccccc1)CCNC2/C=C/c1ccc(-c2cccnc2)cc1. The van der Waals surface area contributed by atoms with E-state index in [0.29, 0.717) is 6.61 Å². The van der Waals surface area contributed by atoms with Gasteiger partial charge in [-0.2, -0.15) is 0 Å². The maximum Gasteiger partial charge on any atom is 0.161 e. The van der Waals surface area contributed by atoms with Crippen LogP contribution in [0.1, 0.15) is 28.3 Å². The van der Waals surface area contributed by atoms with Gasteiger partial charge in [0.15, 0.2) is 11.5 Å². The summed E-state index contributed by atoms with van der Waals surface area (Å²) in [6.07, 6.45) is 9.04. The normalized spacial score (nSPS) is 15.1. The summed E-state index contributed by atoms with van der Waals surface area (Å²) in [4.78, 5) is 4.21. The molecule has 34 heavy (non-hydrogen) atoms. The van der Waals surface area contributed by atoms with Gasteiger partial charge >= 0.3 is 0 Å². The standard InChI is InChI=1S/C30H28N2O2/c1-33-29-19-27-25(18-30(29)34-21-23-6-3-2-4-7-23)15-17-32-28(27)14-11-22-9-12-24(13-10-22)26-8-5-16-31-20-26/h2-14,16,18-20,28,32H,15,17,21H2,1H3/b14-11+. The van der Waals surface area contributed by atoms with Gasteiger partial charge in [-0.1, -0.05) is 72.8 Å². The van der Waals surface area contributed by atoms with E-state index in [2.05, 4.69) is 77.1 Å². The van der Waals surface area contributed by atoms with Crippen LogP contribution in [-0.4, -0.2) is 18.6 Å². The summed E-state index contributed by atoms with van der Waals surface area (Å²) in [5, 5.41) is 3.62. The molecular weight excluding hydrogens is 420 g/mol. The molecule has 170 valence electrons. The number of ether oxygens (including phenoxy) is 2. The highest BCUT2D eigenvalue weighted by Crippen LogP contribution is 2.36. The summed E-state index contributed by atoms with van der Waals surface area (Å²) in [6.45, 7) is 1.44. The molecule has 0 amide bonds. The molecule has 0 saturated carbocycles. The van der Waals surface area contributed by atoms with Gasteiger partial charge in [0.2, 0.25) is 0 Å². The largest absolute Gasteiger partial charge is 0.493 e. The average molecular weight is 449 g/mol. The Morgan fingerprint density at radius 2 is 1.79 bits per heavy atom. The zero-order valence-electron chi connectivity index (χ0n) is 19.3. The molecule has 4 heteroatoms. The predicted molar refractivity (Wildman–Crippen MR) is 137 cm³/mol. The Kier molecular flexibility index (Phi) is 6.68. The Bertz CT molecular complexity index is 1250. The van der Waals surface area contributed by atoms with Crippen LogP contribution in [0.3, 0.4) is 0 Å². The summed E-state index contributed by atoms with van der Waals surface area (Å²) in [5.41, 5.74) is 7.12. The van der Waals surface area contributed by atoms with Gasteiger partial charge in [-0.05, 0) is 58.0 Å². The van der Waals surface area contributed by atoms with Gasteiger partial charge in [-0.3, -0.25) is 4.98 Å². The lowest BCUT2D eigenvalue weighted by molar-refractivity contribution is 0.283. The van der Waals surface area contributed by atoms with E-state index in [0.717, 1.165) is 41.2 Å². The number of methoxy groups -OCH3 is 1. The molecule has 1 aromatic heterocycles. The smallest absolute Gasteiger partial charge is 0.161 e. The average Bonchev–Trinajstić information content (AvgIpc) is 2.91. The fraction of sp³-hybridized carbons (Fsp3) is 0.167. The summed E-state index contributed by atoms with van der Waals surface area (Å²) in [6, 6.07) is 27.2. The van der Waals surface area contributed by atoms with Crippen LogP contribution in [0.25, 0.3) is 17.2 Å². The van der Waals surface area contributed by atoms with Crippen LogP contribution < -0.4 is 14.8 Å². The van der Waals surface area contributed by atoms with E-state index < -0.39 is 0 Å². The summed E-state index contributed by atoms with van der Waals surface area (Å²) >= 11 is 0. The lowest BCUT2D eigenvalue weighted by Crippen LogP contribution is -2.28. The third-order valence-corrected chi connectivity index (χ3v) is 6.14. The first-order chi connectivity index (χ1) is 16.8. The number of aromatic nitrogens is 1. The van der Waals surface area contributed by atoms with Gasteiger partial charge in [-0.25, -0.2) is 0 Å². The second-order valence-electron chi connectivity index (χ2n) is 8.38. The fourth-order valence-corrected chi connectivity index (χ4v) is 4.30. The van der Waals surface area contributed by atoms with Gasteiger partial charge in [-0.15, -0.1) is 0 Å². The topological polar surface area (TPSA) is 43.4 Å². The van der Waals surface area contributed by atoms with Crippen LogP contribution in [0.2, 0.25) is 0 Å². The van der Waals surface area contributed by atoms with Crippen molar-refractivity contribution in [1.82, 2.24) is 10.3 Å². The van der Waals surface area contributed by atoms with Crippen LogP contribution in [0, 0.1) is 0 Å². The van der Waals surface area contributed by atoms with E-state index in [1.807, 2.05) is 30.5 Å². The van der Waals surface area contributed by atoms with Crippen LogP contribution in [0.5, 0.6) is 11.5 Å². The monoisotopic (exact) mass is 448 g/mol. The van der Waals surface area contributed by atoms with Gasteiger partial charge in [0.25, 0.3) is 0 Å². The molecule has 3 aromatic carbocycles. The van der Waals surface area contributed by atoms with E-state index in [4.69, 9.17) is 9.47 Å². The van der Waals surface area contributed by atoms with Crippen molar-refractivity contribution in [3.05, 3.63) is 120 Å². The van der Waals surface area contributed by atoms with Gasteiger partial charge in [0.05, 0.1) is 13.2 Å². The molecular formula is C30H28N2O2. The van der Waals surface area contributed by atoms with Crippen molar-refractivity contribution in [3.63, 3.8) is 0 Å². The van der Waals surface area contributed by atoms with Crippen molar-refractivity contribution in [2.24, 2.45) is 0 Å². The van der Waals surface area contributed by atoms with Crippen molar-refractivity contribution in [2.45, 2.75) is 19.1 Å². The first-order valence-corrected chi connectivity index (χ1v) is 11.6. The Morgan fingerprint density at radius 3 is 2.56 bits per heavy atom. The van der Waals surface area contributed by atoms with Crippen LogP contribution in [0.15, 0.2) is 97.3 Å². The highest BCUT2D eigenvalue weighted by molar-refractivity contribution is 5.65. The van der Waals surface area contributed by atoms with E-state index >= 15 is 0 Å². The molecule has 1 atom stereocenters. The number of hydrogen-bond donors (Lipinski definition) is 1. The molecule has 5 rings (SSSR count). The highest BCUT2D eigenvalue weighted by atomic mass is 16.5. The predicted octanol–water partition coefficient (Wildman–Crippen LogP) is 6.24. The zero-order chi connectivity index (χ0) is 23.2. The molecule has 0 aliphatic carbocycles. The first kappa shape index (κ1) is 21.9. The molecule has 1 unspecified atom stereocenters. The minimum absolute atomic E-state index is 0.124. The second-order valence-corrected chi connectivity index (χ2v) is 8.38. The van der Waals surface area contributed by atoms with Crippen LogP contribution in [0.4, 0.5) is 0 Å². The molecule has 0 fully saturated rings. The number of hydrogen-bond acceptors (Lipinski definition) is 4. The van der Waals surface area contributed by atoms with Crippen molar-refractivity contribution in [3.8, 4) is 22.6 Å². The molecule has 0 bridgehead atoms. The molecule has 4 nitrogen and oxygen atoms in total. The molecule has 4 aromatic rings. The Hall–Kier alpha value is -3.89. The number of nitrogens with zero attached hydrogens (tertiary/aromatic N) is 1. The fourth-order valence-electron chi connectivity index (χ4n) is 4.30. The lowest BCUT2D eigenvalue weighted by atomic mass is 9.93. The molecule has 1 N–H and O–H groups in total. The summed E-state index contributed by atoms with van der Waals surface area (Å²) in [5.74, 6) is 1.55. The number of fused-ring (bicyclic) bond motifs is 1. The van der Waals surface area contributed by atoms with Gasteiger partial charge in [0, 0.05) is 18.9 Å². The Balaban J connectivity index is 1.33. The first-order valence-electron chi connectivity index (χ1n) is 11.6. The van der Waals surface area contributed by atoms with Crippen molar-refractivity contribution in [2.75, 3.05) is 13.7 Å². The third-order valence-electron chi connectivity index (χ3n) is 6.14. The number of benzene rings is 3. The lowest BCUT2D eigenvalue weighted by Gasteiger charge is -2.26. The minimum Gasteiger partial charge on any atom is -0.493 e. The third kappa shape index (κ3) is 5.03. The van der Waals surface area contributed by atoms with Crippen LogP contribution in [-0.2, 0) is 13.0 Å². The van der Waals surface area contributed by atoms with E-state index in [9.17, 15) is 0 Å². The quantitative estimate of drug-likeness (QED) is 0.364. The molecule has 0 saturated heterocycles. The molecule has 2 heterocycles. The van der Waals surface area contributed by atoms with Gasteiger partial charge < -0.3 is 14.8 Å². The summed E-state index contributed by atoms with van der Waals surface area (Å²) in [7, 11) is 1.70. The highest BCUT2D eigenvalue weighted by Gasteiger charge is 2.21. The van der Waals surface area contributed by atoms with Crippen molar-refractivity contribution in [1.29, 1.82) is 0 Å². The van der Waals surface area contributed by atoms with E-state index in [1.165, 1.54) is 16.7 Å². The molecule has 0 radical (unpaired) electrons. The van der Waals surface area contributed by atoms with E-state index in [-0.39, 0.29) is 6.04 Å². The molecule has 1 aliphatic heterocycles. The maximum absolute atomic E-state index is 6.12. The number of rotatable bonds is 7. The Labute approximate surface area is 200 Å². The minimum atomic E-state index is 0.124. The van der Waals surface area contributed by atoms with E-state index in [1.54, 1.807) is 13.3 Å². The second kappa shape index (κ2) is 10.4. The number of pyridine rings is 1. The molecule has 1 aliphatic rings.